The van der Waals surface area contributed by atoms with E-state index < -0.39 is 0 Å². The molecule has 0 saturated heterocycles. The molecule has 0 fully saturated rings. The first-order valence-electron chi connectivity index (χ1n) is 10.6. The molecule has 0 aliphatic rings. The Morgan fingerprint density at radius 1 is 1.06 bits per heavy atom. The number of ether oxygens (including phenoxy) is 2. The summed E-state index contributed by atoms with van der Waals surface area (Å²) in [5.41, 5.74) is 4.20. The van der Waals surface area contributed by atoms with Crippen LogP contribution < -0.4 is 14.8 Å². The predicted molar refractivity (Wildman–Crippen MR) is 128 cm³/mol. The van der Waals surface area contributed by atoms with Gasteiger partial charge in [-0.2, -0.15) is 0 Å². The molecule has 170 valence electrons. The number of benzene rings is 2. The highest BCUT2D eigenvalue weighted by Gasteiger charge is 2.12. The molecule has 3 rings (SSSR count). The normalized spacial score (nSPS) is 10.8. The van der Waals surface area contributed by atoms with Crippen LogP contribution in [0, 0.1) is 6.92 Å². The van der Waals surface area contributed by atoms with Crippen LogP contribution in [0.25, 0.3) is 11.5 Å². The number of hydrogen-bond donors (Lipinski definition) is 1. The van der Waals surface area contributed by atoms with Crippen LogP contribution >= 0.6 is 11.8 Å². The third-order valence-electron chi connectivity index (χ3n) is 5.16. The number of oxazole rings is 1. The number of amides is 1. The summed E-state index contributed by atoms with van der Waals surface area (Å²) in [6.07, 6.45) is 1.72. The highest BCUT2D eigenvalue weighted by Crippen LogP contribution is 2.28. The van der Waals surface area contributed by atoms with E-state index in [1.807, 2.05) is 37.3 Å². The lowest BCUT2D eigenvalue weighted by Gasteiger charge is -2.10. The van der Waals surface area contributed by atoms with Gasteiger partial charge in [0.05, 0.1) is 25.7 Å². The fourth-order valence-electron chi connectivity index (χ4n) is 3.24. The van der Waals surface area contributed by atoms with Crippen molar-refractivity contribution in [2.24, 2.45) is 0 Å². The molecular formula is C25H30N2O4S. The number of thioether (sulfide) groups is 1. The molecule has 3 aromatic rings. The van der Waals surface area contributed by atoms with Crippen LogP contribution in [0.15, 0.2) is 46.9 Å². The number of carbonyl (C=O) groups is 1. The van der Waals surface area contributed by atoms with Crippen molar-refractivity contribution in [1.29, 1.82) is 0 Å². The van der Waals surface area contributed by atoms with Crippen LogP contribution in [0.2, 0.25) is 0 Å². The van der Waals surface area contributed by atoms with Gasteiger partial charge in [-0.05, 0) is 55.2 Å². The summed E-state index contributed by atoms with van der Waals surface area (Å²) in [6, 6.07) is 14.0. The molecule has 1 heterocycles. The number of nitrogens with one attached hydrogen (secondary N) is 1. The molecule has 6 nitrogen and oxygen atoms in total. The topological polar surface area (TPSA) is 73.6 Å². The van der Waals surface area contributed by atoms with E-state index in [0.29, 0.717) is 35.4 Å². The van der Waals surface area contributed by atoms with Gasteiger partial charge < -0.3 is 19.2 Å². The van der Waals surface area contributed by atoms with Crippen LogP contribution in [0.1, 0.15) is 29.5 Å². The summed E-state index contributed by atoms with van der Waals surface area (Å²) in [5.74, 6) is 3.81. The zero-order chi connectivity index (χ0) is 22.9. The van der Waals surface area contributed by atoms with Gasteiger partial charge >= 0.3 is 0 Å². The van der Waals surface area contributed by atoms with Gasteiger partial charge in [-0.15, -0.1) is 11.8 Å². The molecule has 0 saturated carbocycles. The van der Waals surface area contributed by atoms with Gasteiger partial charge in [0.25, 0.3) is 0 Å². The first-order chi connectivity index (χ1) is 15.5. The summed E-state index contributed by atoms with van der Waals surface area (Å²) < 4.78 is 16.4. The molecule has 0 radical (unpaired) electrons. The molecule has 1 aromatic heterocycles. The Hall–Kier alpha value is -2.93. The number of aromatic nitrogens is 1. The van der Waals surface area contributed by atoms with E-state index in [1.54, 1.807) is 14.2 Å². The van der Waals surface area contributed by atoms with E-state index in [4.69, 9.17) is 13.9 Å². The van der Waals surface area contributed by atoms with Crippen molar-refractivity contribution >= 4 is 17.7 Å². The quantitative estimate of drug-likeness (QED) is 0.448. The van der Waals surface area contributed by atoms with Crippen LogP contribution in [-0.2, 0) is 23.4 Å². The van der Waals surface area contributed by atoms with Crippen LogP contribution in [0.4, 0.5) is 0 Å². The number of carbonyl (C=O) groups excluding carboxylic acids is 1. The summed E-state index contributed by atoms with van der Waals surface area (Å²) in [4.78, 5) is 16.8. The molecule has 0 atom stereocenters. The van der Waals surface area contributed by atoms with E-state index in [9.17, 15) is 4.79 Å². The molecule has 0 spiro atoms. The van der Waals surface area contributed by atoms with E-state index in [-0.39, 0.29) is 5.91 Å². The Kier molecular flexibility index (Phi) is 8.62. The van der Waals surface area contributed by atoms with Crippen LogP contribution in [0.5, 0.6) is 11.5 Å². The second kappa shape index (κ2) is 11.6. The largest absolute Gasteiger partial charge is 0.493 e. The number of aryl methyl sites for hydroxylation is 2. The molecular weight excluding hydrogens is 424 g/mol. The first kappa shape index (κ1) is 23.7. The second-order valence-electron chi connectivity index (χ2n) is 7.35. The summed E-state index contributed by atoms with van der Waals surface area (Å²) >= 11 is 1.53. The number of hydrogen-bond acceptors (Lipinski definition) is 6. The van der Waals surface area contributed by atoms with Gasteiger partial charge in [-0.1, -0.05) is 25.1 Å². The maximum atomic E-state index is 12.2. The monoisotopic (exact) mass is 454 g/mol. The second-order valence-corrected chi connectivity index (χ2v) is 8.34. The minimum Gasteiger partial charge on any atom is -0.493 e. The standard InChI is InChI=1S/C25H30N2O4S/c1-5-18-6-9-20(10-7-18)25-27-21(17(2)31-25)15-32-16-24(28)26-13-12-19-8-11-22(29-3)23(14-19)30-4/h6-11,14H,5,12-13,15-16H2,1-4H3,(H,26,28). The maximum absolute atomic E-state index is 12.2. The number of methoxy groups -OCH3 is 2. The van der Waals surface area contributed by atoms with Crippen molar-refractivity contribution in [3.8, 4) is 23.0 Å². The van der Waals surface area contributed by atoms with Crippen molar-refractivity contribution < 1.29 is 18.7 Å². The molecule has 2 aromatic carbocycles. The van der Waals surface area contributed by atoms with E-state index in [2.05, 4.69) is 29.4 Å². The fourth-order valence-corrected chi connectivity index (χ4v) is 4.09. The maximum Gasteiger partial charge on any atom is 0.230 e. The molecule has 0 unspecified atom stereocenters. The summed E-state index contributed by atoms with van der Waals surface area (Å²) in [6.45, 7) is 4.61. The highest BCUT2D eigenvalue weighted by atomic mass is 32.2. The SMILES string of the molecule is CCc1ccc(-c2nc(CSCC(=O)NCCc3ccc(OC)c(OC)c3)c(C)o2)cc1. The number of rotatable bonds is 11. The smallest absolute Gasteiger partial charge is 0.230 e. The Labute approximate surface area is 193 Å². The Bertz CT molecular complexity index is 1030. The van der Waals surface area contributed by atoms with E-state index in [1.165, 1.54) is 17.3 Å². The van der Waals surface area contributed by atoms with Crippen molar-refractivity contribution in [2.75, 3.05) is 26.5 Å². The number of nitrogens with zero attached hydrogens (tertiary/aromatic N) is 1. The molecule has 0 bridgehead atoms. The van der Waals surface area contributed by atoms with E-state index in [0.717, 1.165) is 35.4 Å². The van der Waals surface area contributed by atoms with Gasteiger partial charge in [0.1, 0.15) is 5.76 Å². The van der Waals surface area contributed by atoms with Crippen molar-refractivity contribution in [2.45, 2.75) is 32.4 Å². The lowest BCUT2D eigenvalue weighted by Crippen LogP contribution is -2.27. The summed E-state index contributed by atoms with van der Waals surface area (Å²) in [5, 5.41) is 2.96. The molecule has 0 aliphatic carbocycles. The van der Waals surface area contributed by atoms with Crippen LogP contribution in [-0.4, -0.2) is 37.4 Å². The minimum atomic E-state index is 0.00648. The minimum absolute atomic E-state index is 0.00648. The Morgan fingerprint density at radius 3 is 2.47 bits per heavy atom. The highest BCUT2D eigenvalue weighted by molar-refractivity contribution is 7.99. The molecule has 1 amide bonds. The lowest BCUT2D eigenvalue weighted by atomic mass is 10.1. The molecule has 0 aliphatic heterocycles. The van der Waals surface area contributed by atoms with Crippen LogP contribution in [0.3, 0.4) is 0 Å². The average Bonchev–Trinajstić information content (AvgIpc) is 3.19. The van der Waals surface area contributed by atoms with Crippen molar-refractivity contribution in [1.82, 2.24) is 10.3 Å². The van der Waals surface area contributed by atoms with Gasteiger partial charge in [0.2, 0.25) is 11.8 Å². The molecule has 1 N–H and O–H groups in total. The van der Waals surface area contributed by atoms with Gasteiger partial charge in [-0.25, -0.2) is 4.98 Å². The van der Waals surface area contributed by atoms with Gasteiger partial charge in [0, 0.05) is 17.9 Å². The molecule has 7 heteroatoms. The van der Waals surface area contributed by atoms with Gasteiger partial charge in [-0.3, -0.25) is 4.79 Å². The predicted octanol–water partition coefficient (Wildman–Crippen LogP) is 4.82. The van der Waals surface area contributed by atoms with E-state index >= 15 is 0 Å². The average molecular weight is 455 g/mol. The Morgan fingerprint density at radius 2 is 1.78 bits per heavy atom. The fraction of sp³-hybridized carbons (Fsp3) is 0.360. The molecule has 32 heavy (non-hydrogen) atoms. The van der Waals surface area contributed by atoms with Crippen molar-refractivity contribution in [3.63, 3.8) is 0 Å². The van der Waals surface area contributed by atoms with Crippen molar-refractivity contribution in [3.05, 3.63) is 65.0 Å². The Balaban J connectivity index is 1.43. The zero-order valence-corrected chi connectivity index (χ0v) is 19.9. The first-order valence-corrected chi connectivity index (χ1v) is 11.8. The third-order valence-corrected chi connectivity index (χ3v) is 6.10. The lowest BCUT2D eigenvalue weighted by molar-refractivity contribution is -0.118. The zero-order valence-electron chi connectivity index (χ0n) is 19.1. The summed E-state index contributed by atoms with van der Waals surface area (Å²) in [7, 11) is 3.22. The third kappa shape index (κ3) is 6.29. The van der Waals surface area contributed by atoms with Gasteiger partial charge in [0.15, 0.2) is 11.5 Å².